The number of carboxylic acids is 4. The van der Waals surface area contributed by atoms with E-state index in [-0.39, 0.29) is 18.4 Å². The van der Waals surface area contributed by atoms with Crippen molar-refractivity contribution in [2.45, 2.75) is 65.8 Å². The molecule has 4 rings (SSSR count). The minimum absolute atomic E-state index is 0.0205. The molecule has 304 valence electrons. The maximum atomic E-state index is 11.1. The van der Waals surface area contributed by atoms with Crippen LogP contribution >= 0.6 is 23.2 Å². The molecule has 9 N–H and O–H groups in total. The zero-order valence-electron chi connectivity index (χ0n) is 32.1. The van der Waals surface area contributed by atoms with E-state index in [1.807, 2.05) is 63.2 Å². The van der Waals surface area contributed by atoms with E-state index in [4.69, 9.17) is 58.9 Å². The van der Waals surface area contributed by atoms with E-state index in [2.05, 4.69) is 43.0 Å². The molecule has 0 aromatic heterocycles. The summed E-state index contributed by atoms with van der Waals surface area (Å²) in [5, 5.41) is 41.6. The normalized spacial score (nSPS) is 17.3. The van der Waals surface area contributed by atoms with E-state index >= 15 is 0 Å². The van der Waals surface area contributed by atoms with E-state index in [0.29, 0.717) is 36.9 Å². The van der Waals surface area contributed by atoms with Crippen molar-refractivity contribution < 1.29 is 49.2 Å². The Labute approximate surface area is 336 Å². The van der Waals surface area contributed by atoms with Gasteiger partial charge in [-0.3, -0.25) is 14.4 Å². The Morgan fingerprint density at radius 1 is 0.732 bits per heavy atom. The minimum atomic E-state index is -1.33. The molecule has 3 atom stereocenters. The number of nitrogens with one attached hydrogen (secondary N) is 3. The third-order valence-electron chi connectivity index (χ3n) is 8.97. The average Bonchev–Trinajstić information content (AvgIpc) is 3.13. The molecule has 0 saturated carbocycles. The van der Waals surface area contributed by atoms with Crippen molar-refractivity contribution in [3.63, 3.8) is 0 Å². The topological polar surface area (TPSA) is 230 Å². The number of hydroxylamine groups is 1. The van der Waals surface area contributed by atoms with Gasteiger partial charge in [0.25, 0.3) is 0 Å². The van der Waals surface area contributed by atoms with Crippen LogP contribution in [0.5, 0.6) is 0 Å². The highest BCUT2D eigenvalue weighted by Gasteiger charge is 2.28. The Bertz CT molecular complexity index is 1890. The molecular formula is C40H50Cl2N4O10. The van der Waals surface area contributed by atoms with Crippen molar-refractivity contribution in [3.8, 4) is 0 Å². The van der Waals surface area contributed by atoms with Gasteiger partial charge in [-0.25, -0.2) is 9.59 Å². The van der Waals surface area contributed by atoms with Crippen LogP contribution in [0.15, 0.2) is 106 Å². The van der Waals surface area contributed by atoms with E-state index < -0.39 is 36.3 Å². The minimum Gasteiger partial charge on any atom is -0.481 e. The molecule has 2 aromatic carbocycles. The molecule has 2 aliphatic heterocycles. The molecule has 16 heteroatoms. The van der Waals surface area contributed by atoms with Crippen LogP contribution < -0.4 is 21.8 Å². The van der Waals surface area contributed by atoms with Gasteiger partial charge in [0.1, 0.15) is 12.6 Å². The van der Waals surface area contributed by atoms with E-state index in [9.17, 15) is 19.2 Å². The lowest BCUT2D eigenvalue weighted by Crippen LogP contribution is -2.39. The monoisotopic (exact) mass is 816 g/mol. The SMILES string of the molecule is CC1=C(C)C(c2ccccc2Cl)C(C)=C(COCCN)N1.CC1=C(C)C(c2ccccc2Cl)C(C)=C(CONC(CC(=O)O)C(=O)O)N1.O=C(O)/C=C\C(=O)O. The fourth-order valence-corrected chi connectivity index (χ4v) is 6.39. The van der Waals surface area contributed by atoms with Gasteiger partial charge in [0.05, 0.1) is 19.6 Å². The number of ether oxygens (including phenoxy) is 1. The van der Waals surface area contributed by atoms with Crippen LogP contribution in [0.4, 0.5) is 0 Å². The molecule has 0 amide bonds. The van der Waals surface area contributed by atoms with Crippen LogP contribution in [0.3, 0.4) is 0 Å². The summed E-state index contributed by atoms with van der Waals surface area (Å²) in [6.45, 7) is 14.0. The molecule has 0 saturated heterocycles. The van der Waals surface area contributed by atoms with Crippen molar-refractivity contribution >= 4 is 47.1 Å². The molecule has 0 aliphatic carbocycles. The van der Waals surface area contributed by atoms with Crippen molar-refractivity contribution in [1.82, 2.24) is 16.1 Å². The summed E-state index contributed by atoms with van der Waals surface area (Å²) in [4.78, 5) is 46.2. The molecule has 0 spiro atoms. The quantitative estimate of drug-likeness (QED) is 0.0559. The highest BCUT2D eigenvalue weighted by Crippen LogP contribution is 2.41. The van der Waals surface area contributed by atoms with E-state index in [1.54, 1.807) is 0 Å². The molecule has 14 nitrogen and oxygen atoms in total. The van der Waals surface area contributed by atoms with Crippen LogP contribution in [-0.2, 0) is 28.8 Å². The molecule has 56 heavy (non-hydrogen) atoms. The van der Waals surface area contributed by atoms with Crippen LogP contribution in [0.1, 0.15) is 70.9 Å². The summed E-state index contributed by atoms with van der Waals surface area (Å²) in [5.41, 5.74) is 18.6. The fraction of sp³-hybridized carbons (Fsp3) is 0.350. The predicted molar refractivity (Wildman–Crippen MR) is 214 cm³/mol. The predicted octanol–water partition coefficient (Wildman–Crippen LogP) is 6.33. The summed E-state index contributed by atoms with van der Waals surface area (Å²) in [6.07, 6.45) is 0.533. The highest BCUT2D eigenvalue weighted by atomic mass is 35.5. The first-order valence-corrected chi connectivity index (χ1v) is 18.2. The standard InChI is InChI=1S/C19H23ClN2O5.C17H23ClN2O.C4H4O4/c1-10-12(3)21-16(9-27-22-15(19(25)26)8-17(23)24)11(2)18(10)13-6-4-5-7-14(13)20;1-11-13(3)20-16(10-21-9-8-19)12(2)17(11)14-6-4-5-7-15(14)18;5-3(6)1-2-4(7)8/h4-7,15,18,21-22H,8-9H2,1-3H3,(H,23,24)(H,25,26);4-7,17,20H,8-10,19H2,1-3H3;1-2H,(H,5,6)(H,7,8)/b;;2-1-. The Kier molecular flexibility index (Phi) is 19.5. The smallest absolute Gasteiger partial charge is 0.328 e. The second-order valence-electron chi connectivity index (χ2n) is 12.8. The number of nitrogens with two attached hydrogens (primary N) is 1. The zero-order valence-corrected chi connectivity index (χ0v) is 33.6. The maximum Gasteiger partial charge on any atom is 0.328 e. The van der Waals surface area contributed by atoms with Gasteiger partial charge in [0.15, 0.2) is 0 Å². The molecule has 3 unspecified atom stereocenters. The number of hydrogen-bond acceptors (Lipinski definition) is 10. The van der Waals surface area contributed by atoms with Gasteiger partial charge in [-0.2, -0.15) is 5.48 Å². The molecule has 0 bridgehead atoms. The number of carboxylic acid groups (broad SMARTS) is 4. The number of dihydropyridines is 2. The van der Waals surface area contributed by atoms with Gasteiger partial charge in [-0.15, -0.1) is 0 Å². The highest BCUT2D eigenvalue weighted by molar-refractivity contribution is 6.31. The second-order valence-corrected chi connectivity index (χ2v) is 13.7. The fourth-order valence-electron chi connectivity index (χ4n) is 5.90. The molecule has 0 radical (unpaired) electrons. The zero-order chi connectivity index (χ0) is 42.1. The van der Waals surface area contributed by atoms with Gasteiger partial charge >= 0.3 is 23.9 Å². The summed E-state index contributed by atoms with van der Waals surface area (Å²) in [5.74, 6) is -4.84. The number of allylic oxidation sites excluding steroid dienone is 6. The van der Waals surface area contributed by atoms with Gasteiger partial charge in [0.2, 0.25) is 0 Å². The first-order chi connectivity index (χ1) is 26.4. The Hall–Kier alpha value is -4.96. The van der Waals surface area contributed by atoms with E-state index in [1.165, 1.54) is 11.1 Å². The number of halogens is 2. The number of aliphatic carboxylic acids is 4. The summed E-state index contributed by atoms with van der Waals surface area (Å²) in [6, 6.07) is 14.3. The summed E-state index contributed by atoms with van der Waals surface area (Å²) >= 11 is 12.8. The Morgan fingerprint density at radius 3 is 1.54 bits per heavy atom. The summed E-state index contributed by atoms with van der Waals surface area (Å²) < 4.78 is 5.59. The van der Waals surface area contributed by atoms with Crippen LogP contribution in [-0.4, -0.2) is 76.7 Å². The van der Waals surface area contributed by atoms with Crippen LogP contribution in [0.2, 0.25) is 10.0 Å². The van der Waals surface area contributed by atoms with Gasteiger partial charge < -0.3 is 41.5 Å². The molecule has 2 heterocycles. The number of carbonyl (C=O) groups is 4. The van der Waals surface area contributed by atoms with Crippen LogP contribution in [0, 0.1) is 0 Å². The van der Waals surface area contributed by atoms with Crippen molar-refractivity contribution in [3.05, 3.63) is 127 Å². The van der Waals surface area contributed by atoms with Crippen LogP contribution in [0.25, 0.3) is 0 Å². The molecule has 2 aliphatic rings. The Balaban J connectivity index is 0.000000331. The van der Waals surface area contributed by atoms with Gasteiger partial charge in [0, 0.05) is 63.4 Å². The van der Waals surface area contributed by atoms with Crippen molar-refractivity contribution in [2.75, 3.05) is 26.4 Å². The lowest BCUT2D eigenvalue weighted by atomic mass is 9.82. The first kappa shape index (κ1) is 47.2. The average molecular weight is 818 g/mol. The number of rotatable bonds is 15. The first-order valence-electron chi connectivity index (χ1n) is 17.4. The lowest BCUT2D eigenvalue weighted by molar-refractivity contribution is -0.150. The third kappa shape index (κ3) is 14.3. The number of hydrogen-bond donors (Lipinski definition) is 8. The van der Waals surface area contributed by atoms with E-state index in [0.717, 1.165) is 50.1 Å². The number of benzene rings is 2. The van der Waals surface area contributed by atoms with Crippen molar-refractivity contribution in [2.24, 2.45) is 5.73 Å². The molecular weight excluding hydrogens is 767 g/mol. The third-order valence-corrected chi connectivity index (χ3v) is 9.66. The van der Waals surface area contributed by atoms with Gasteiger partial charge in [-0.05, 0) is 87.1 Å². The lowest BCUT2D eigenvalue weighted by Gasteiger charge is -2.31. The molecule has 0 fully saturated rings. The largest absolute Gasteiger partial charge is 0.481 e. The van der Waals surface area contributed by atoms with Gasteiger partial charge in [-0.1, -0.05) is 59.6 Å². The maximum absolute atomic E-state index is 11.1. The summed E-state index contributed by atoms with van der Waals surface area (Å²) in [7, 11) is 0. The second kappa shape index (κ2) is 23.2. The molecule has 2 aromatic rings. The Morgan fingerprint density at radius 2 is 1.16 bits per heavy atom. The van der Waals surface area contributed by atoms with Crippen molar-refractivity contribution in [1.29, 1.82) is 0 Å².